The van der Waals surface area contributed by atoms with Crippen LogP contribution in [0.25, 0.3) is 12.2 Å². The van der Waals surface area contributed by atoms with Gasteiger partial charge in [0.25, 0.3) is 5.69 Å². The zero-order valence-electron chi connectivity index (χ0n) is 14.2. The van der Waals surface area contributed by atoms with Crippen molar-refractivity contribution in [2.75, 3.05) is 0 Å². The zero-order valence-corrected chi connectivity index (χ0v) is 14.9. The fourth-order valence-electron chi connectivity index (χ4n) is 1.77. The topological polar surface area (TPSA) is 118 Å². The van der Waals surface area contributed by atoms with Gasteiger partial charge in [0.2, 0.25) is 0 Å². The summed E-state index contributed by atoms with van der Waals surface area (Å²) >= 11 is 5.57. The summed E-state index contributed by atoms with van der Waals surface area (Å²) in [7, 11) is 0. The lowest BCUT2D eigenvalue weighted by molar-refractivity contribution is -0.384. The molecule has 2 rings (SSSR count). The summed E-state index contributed by atoms with van der Waals surface area (Å²) in [6.07, 6.45) is 3.63. The molecular weight excluding hydrogens is 419 g/mol. The number of benzene rings is 2. The Morgan fingerprint density at radius 2 is 1.55 bits per heavy atom. The highest BCUT2D eigenvalue weighted by molar-refractivity contribution is 6.32. The average molecular weight is 430 g/mol. The number of nitro benzene ring substituents is 1. The van der Waals surface area contributed by atoms with E-state index in [1.165, 1.54) is 24.3 Å². The first-order valence-electron chi connectivity index (χ1n) is 7.42. The predicted octanol–water partition coefficient (Wildman–Crippen LogP) is 4.55. The van der Waals surface area contributed by atoms with Crippen LogP contribution in [-0.4, -0.2) is 27.1 Å². The minimum Gasteiger partial charge on any atom is -0.478 e. The molecule has 0 amide bonds. The molecule has 11 heteroatoms. The number of nitro groups is 1. The van der Waals surface area contributed by atoms with E-state index in [2.05, 4.69) is 0 Å². The number of hydrogen-bond donors (Lipinski definition) is 2. The monoisotopic (exact) mass is 429 g/mol. The molecule has 0 spiro atoms. The largest absolute Gasteiger partial charge is 0.478 e. The molecule has 2 aromatic rings. The smallest absolute Gasteiger partial charge is 0.328 e. The quantitative estimate of drug-likeness (QED) is 0.311. The van der Waals surface area contributed by atoms with Crippen molar-refractivity contribution in [1.82, 2.24) is 0 Å². The number of hydrogen-bond acceptors (Lipinski definition) is 4. The molecule has 0 aliphatic heterocycles. The Labute approximate surface area is 166 Å². The second-order valence-electron chi connectivity index (χ2n) is 5.08. The second-order valence-corrected chi connectivity index (χ2v) is 5.48. The molecule has 2 aromatic carbocycles. The van der Waals surface area contributed by atoms with Crippen LogP contribution < -0.4 is 0 Å². The van der Waals surface area contributed by atoms with Crippen molar-refractivity contribution in [2.24, 2.45) is 0 Å². The van der Waals surface area contributed by atoms with Crippen LogP contribution in [0.5, 0.6) is 0 Å². The molecule has 29 heavy (non-hydrogen) atoms. The van der Waals surface area contributed by atoms with E-state index >= 15 is 0 Å². The first-order chi connectivity index (χ1) is 13.5. The van der Waals surface area contributed by atoms with Crippen LogP contribution in [0.4, 0.5) is 18.9 Å². The molecule has 0 fully saturated rings. The average Bonchev–Trinajstić information content (AvgIpc) is 2.65. The maximum absolute atomic E-state index is 12.9. The highest BCUT2D eigenvalue weighted by atomic mass is 35.5. The minimum atomic E-state index is -1.61. The van der Waals surface area contributed by atoms with Gasteiger partial charge in [0.15, 0.2) is 17.5 Å². The van der Waals surface area contributed by atoms with Gasteiger partial charge in [0, 0.05) is 23.8 Å². The van der Waals surface area contributed by atoms with Crippen molar-refractivity contribution in [3.05, 3.63) is 86.2 Å². The maximum atomic E-state index is 12.9. The van der Waals surface area contributed by atoms with Gasteiger partial charge in [-0.05, 0) is 35.9 Å². The van der Waals surface area contributed by atoms with Crippen LogP contribution in [0, 0.1) is 27.6 Å². The molecule has 0 saturated carbocycles. The number of carbonyl (C=O) groups is 2. The Kier molecular flexibility index (Phi) is 8.56. The van der Waals surface area contributed by atoms with E-state index in [1.54, 1.807) is 0 Å². The van der Waals surface area contributed by atoms with Crippen LogP contribution in [0.1, 0.15) is 11.1 Å². The van der Waals surface area contributed by atoms with E-state index in [4.69, 9.17) is 21.8 Å². The third-order valence-corrected chi connectivity index (χ3v) is 3.38. The molecule has 0 heterocycles. The van der Waals surface area contributed by atoms with Crippen molar-refractivity contribution >= 4 is 41.4 Å². The van der Waals surface area contributed by atoms with Gasteiger partial charge in [0.05, 0.1) is 4.92 Å². The predicted molar refractivity (Wildman–Crippen MR) is 97.8 cm³/mol. The van der Waals surface area contributed by atoms with E-state index in [0.29, 0.717) is 11.6 Å². The molecule has 152 valence electrons. The summed E-state index contributed by atoms with van der Waals surface area (Å²) in [6, 6.07) is 5.73. The van der Waals surface area contributed by atoms with Crippen LogP contribution in [0.3, 0.4) is 0 Å². The number of carboxylic acid groups (broad SMARTS) is 2. The van der Waals surface area contributed by atoms with Crippen molar-refractivity contribution in [1.29, 1.82) is 0 Å². The van der Waals surface area contributed by atoms with Crippen molar-refractivity contribution in [3.63, 3.8) is 0 Å². The van der Waals surface area contributed by atoms with Crippen LogP contribution >= 0.6 is 11.6 Å². The molecule has 0 aliphatic rings. The molecule has 0 bridgehead atoms. The number of halogens is 4. The molecule has 0 radical (unpaired) electrons. The van der Waals surface area contributed by atoms with Crippen molar-refractivity contribution < 1.29 is 37.9 Å². The van der Waals surface area contributed by atoms with Crippen LogP contribution in [0.15, 0.2) is 42.5 Å². The van der Waals surface area contributed by atoms with Gasteiger partial charge in [-0.1, -0.05) is 17.7 Å². The SMILES string of the molecule is O=C(O)C=Cc1ccc(Cl)c([N+](=O)[O-])c1.O=C(O)C=Cc1ccc(F)c(F)c1F. The summed E-state index contributed by atoms with van der Waals surface area (Å²) in [5.41, 5.74) is -0.149. The molecule has 0 unspecified atom stereocenters. The summed E-state index contributed by atoms with van der Waals surface area (Å²) in [6.45, 7) is 0. The highest BCUT2D eigenvalue weighted by Gasteiger charge is 2.12. The Balaban J connectivity index is 0.000000291. The summed E-state index contributed by atoms with van der Waals surface area (Å²) in [5.74, 6) is -6.74. The molecule has 0 saturated heterocycles. The van der Waals surface area contributed by atoms with E-state index in [0.717, 1.165) is 24.3 Å². The van der Waals surface area contributed by atoms with Gasteiger partial charge in [-0.25, -0.2) is 22.8 Å². The molecule has 2 N–H and O–H groups in total. The number of nitrogens with zero attached hydrogens (tertiary/aromatic N) is 1. The van der Waals surface area contributed by atoms with Crippen molar-refractivity contribution in [2.45, 2.75) is 0 Å². The van der Waals surface area contributed by atoms with Gasteiger partial charge in [-0.15, -0.1) is 0 Å². The fraction of sp³-hybridized carbons (Fsp3) is 0. The number of rotatable bonds is 5. The summed E-state index contributed by atoms with van der Waals surface area (Å²) < 4.78 is 37.8. The van der Waals surface area contributed by atoms with E-state index in [9.17, 15) is 32.9 Å². The zero-order chi connectivity index (χ0) is 22.1. The summed E-state index contributed by atoms with van der Waals surface area (Å²) in [5, 5.41) is 27.1. The Bertz CT molecular complexity index is 1010. The molecule has 0 atom stereocenters. The Morgan fingerprint density at radius 3 is 2.10 bits per heavy atom. The standard InChI is InChI=1S/C9H6ClNO4.C9H5F3O2/c10-7-3-1-6(2-4-9(12)13)5-8(7)11(14)15;10-6-3-1-5(2-4-7(13)14)8(11)9(6)12/h1-5H,(H,12,13);1-4H,(H,13,14). The normalized spacial score (nSPS) is 10.6. The molecule has 0 aromatic heterocycles. The minimum absolute atomic E-state index is 0.0208. The second kappa shape index (κ2) is 10.6. The highest BCUT2D eigenvalue weighted by Crippen LogP contribution is 2.25. The van der Waals surface area contributed by atoms with Gasteiger partial charge in [0.1, 0.15) is 5.02 Å². The first kappa shape index (κ1) is 23.4. The van der Waals surface area contributed by atoms with Crippen LogP contribution in [0.2, 0.25) is 5.02 Å². The Hall–Kier alpha value is -3.66. The Morgan fingerprint density at radius 1 is 0.966 bits per heavy atom. The van der Waals surface area contributed by atoms with Gasteiger partial charge < -0.3 is 10.2 Å². The number of carboxylic acids is 2. The van der Waals surface area contributed by atoms with Crippen molar-refractivity contribution in [3.8, 4) is 0 Å². The third-order valence-electron chi connectivity index (χ3n) is 3.06. The molecule has 0 aliphatic carbocycles. The van der Waals surface area contributed by atoms with Gasteiger partial charge in [-0.2, -0.15) is 0 Å². The number of aliphatic carboxylic acids is 2. The third kappa shape index (κ3) is 7.46. The molecule has 7 nitrogen and oxygen atoms in total. The van der Waals surface area contributed by atoms with E-state index in [1.807, 2.05) is 0 Å². The van der Waals surface area contributed by atoms with E-state index < -0.39 is 34.3 Å². The molecular formula is C18H11ClF3NO6. The van der Waals surface area contributed by atoms with Gasteiger partial charge in [-0.3, -0.25) is 10.1 Å². The first-order valence-corrected chi connectivity index (χ1v) is 7.80. The van der Waals surface area contributed by atoms with Gasteiger partial charge >= 0.3 is 11.9 Å². The lowest BCUT2D eigenvalue weighted by Crippen LogP contribution is -1.94. The lowest BCUT2D eigenvalue weighted by atomic mass is 10.2. The summed E-state index contributed by atoms with van der Waals surface area (Å²) in [4.78, 5) is 30.1. The lowest BCUT2D eigenvalue weighted by Gasteiger charge is -1.98. The van der Waals surface area contributed by atoms with E-state index in [-0.39, 0.29) is 16.3 Å². The fourth-order valence-corrected chi connectivity index (χ4v) is 1.96. The van der Waals surface area contributed by atoms with Crippen LogP contribution in [-0.2, 0) is 9.59 Å². The maximum Gasteiger partial charge on any atom is 0.328 e.